The highest BCUT2D eigenvalue weighted by Gasteiger charge is 2.21. The van der Waals surface area contributed by atoms with Gasteiger partial charge in [-0.3, -0.25) is 9.59 Å². The number of carbonyl (C=O) groups is 1. The van der Waals surface area contributed by atoms with Gasteiger partial charge in [0.05, 0.1) is 0 Å². The van der Waals surface area contributed by atoms with E-state index in [2.05, 4.69) is 10.3 Å². The lowest BCUT2D eigenvalue weighted by molar-refractivity contribution is -0.114. The van der Waals surface area contributed by atoms with Crippen LogP contribution in [0.2, 0.25) is 0 Å². The number of aromatic nitrogens is 1. The normalized spacial score (nSPS) is 9.88. The van der Waals surface area contributed by atoms with Crippen molar-refractivity contribution in [3.63, 3.8) is 0 Å². The molecule has 0 unspecified atom stereocenters. The van der Waals surface area contributed by atoms with Gasteiger partial charge in [0.25, 0.3) is 5.56 Å². The number of pyridine rings is 1. The highest BCUT2D eigenvalue weighted by Crippen LogP contribution is 2.35. The molecule has 24 heavy (non-hydrogen) atoms. The van der Waals surface area contributed by atoms with E-state index in [0.717, 1.165) is 11.1 Å². The lowest BCUT2D eigenvalue weighted by atomic mass is 9.92. The second kappa shape index (κ2) is 6.27. The summed E-state index contributed by atoms with van der Waals surface area (Å²) in [6.07, 6.45) is 0. The zero-order valence-electron chi connectivity index (χ0n) is 13.4. The van der Waals surface area contributed by atoms with Gasteiger partial charge in [0, 0.05) is 23.7 Å². The number of carbonyl (C=O) groups excluding carboxylic acids is 1. The Morgan fingerprint density at radius 3 is 2.29 bits per heavy atom. The van der Waals surface area contributed by atoms with Gasteiger partial charge in [0.15, 0.2) is 0 Å². The van der Waals surface area contributed by atoms with Crippen molar-refractivity contribution in [3.8, 4) is 23.3 Å². The van der Waals surface area contributed by atoms with Crippen molar-refractivity contribution in [3.05, 3.63) is 44.7 Å². The van der Waals surface area contributed by atoms with Crippen LogP contribution in [-0.2, 0) is 4.79 Å². The van der Waals surface area contributed by atoms with Crippen LogP contribution < -0.4 is 16.6 Å². The molecule has 0 radical (unpaired) electrons. The number of benzene rings is 1. The molecular formula is C17H15N5O2. The average Bonchev–Trinajstić information content (AvgIpc) is 2.49. The predicted octanol–water partition coefficient (Wildman–Crippen LogP) is 1.94. The number of nitrogens with one attached hydrogen (secondary N) is 2. The Hall–Kier alpha value is -3.58. The second-order valence-corrected chi connectivity index (χ2v) is 5.38. The summed E-state index contributed by atoms with van der Waals surface area (Å²) in [6, 6.07) is 7.18. The molecule has 0 bridgehead atoms. The Kier molecular flexibility index (Phi) is 4.38. The molecule has 1 aromatic heterocycles. The van der Waals surface area contributed by atoms with Crippen molar-refractivity contribution in [2.24, 2.45) is 0 Å². The van der Waals surface area contributed by atoms with Gasteiger partial charge in [-0.05, 0) is 37.1 Å². The molecule has 7 nitrogen and oxygen atoms in total. The van der Waals surface area contributed by atoms with Crippen molar-refractivity contribution in [2.75, 3.05) is 11.1 Å². The number of anilines is 2. The first-order valence-corrected chi connectivity index (χ1v) is 7.05. The monoisotopic (exact) mass is 321 g/mol. The molecular weight excluding hydrogens is 306 g/mol. The van der Waals surface area contributed by atoms with Crippen LogP contribution >= 0.6 is 0 Å². The van der Waals surface area contributed by atoms with Crippen molar-refractivity contribution in [1.82, 2.24) is 4.98 Å². The van der Waals surface area contributed by atoms with Gasteiger partial charge in [-0.2, -0.15) is 10.5 Å². The van der Waals surface area contributed by atoms with E-state index in [4.69, 9.17) is 5.73 Å². The van der Waals surface area contributed by atoms with Gasteiger partial charge in [0.1, 0.15) is 29.1 Å². The van der Waals surface area contributed by atoms with Crippen LogP contribution in [0.25, 0.3) is 11.1 Å². The molecule has 2 rings (SSSR count). The van der Waals surface area contributed by atoms with Crippen LogP contribution in [0.5, 0.6) is 0 Å². The van der Waals surface area contributed by atoms with Crippen molar-refractivity contribution < 1.29 is 4.79 Å². The number of nitrogen functional groups attached to an aromatic ring is 1. The number of aromatic amines is 1. The largest absolute Gasteiger partial charge is 0.384 e. The minimum atomic E-state index is -0.684. The van der Waals surface area contributed by atoms with Gasteiger partial charge in [-0.1, -0.05) is 0 Å². The van der Waals surface area contributed by atoms with E-state index < -0.39 is 5.56 Å². The number of rotatable bonds is 2. The molecule has 1 aromatic carbocycles. The maximum Gasteiger partial charge on any atom is 0.268 e. The van der Waals surface area contributed by atoms with Gasteiger partial charge < -0.3 is 16.0 Å². The van der Waals surface area contributed by atoms with E-state index >= 15 is 0 Å². The molecule has 0 atom stereocenters. The fourth-order valence-electron chi connectivity index (χ4n) is 2.43. The minimum Gasteiger partial charge on any atom is -0.384 e. The molecule has 0 fully saturated rings. The third kappa shape index (κ3) is 2.83. The van der Waals surface area contributed by atoms with E-state index in [1.807, 2.05) is 26.0 Å². The molecule has 0 saturated heterocycles. The molecule has 120 valence electrons. The van der Waals surface area contributed by atoms with Crippen LogP contribution in [0.1, 0.15) is 29.2 Å². The lowest BCUT2D eigenvalue weighted by Crippen LogP contribution is -2.17. The molecule has 1 heterocycles. The Morgan fingerprint density at radius 2 is 1.75 bits per heavy atom. The Morgan fingerprint density at radius 1 is 1.17 bits per heavy atom. The summed E-state index contributed by atoms with van der Waals surface area (Å²) >= 11 is 0. The molecule has 0 saturated carbocycles. The SMILES string of the molecule is CC(=O)Nc1cc(C)c(C)cc1-c1c(C#N)c(N)[nH]c(=O)c1C#N. The number of aryl methyl sites for hydroxylation is 2. The van der Waals surface area contributed by atoms with E-state index in [1.54, 1.807) is 12.1 Å². The molecule has 7 heteroatoms. The number of nitrogens with two attached hydrogens (primary N) is 1. The van der Waals surface area contributed by atoms with Gasteiger partial charge in [0.2, 0.25) is 5.91 Å². The van der Waals surface area contributed by atoms with Crippen LogP contribution in [0, 0.1) is 36.5 Å². The third-order valence-electron chi connectivity index (χ3n) is 3.68. The number of hydrogen-bond acceptors (Lipinski definition) is 5. The molecule has 2 aromatic rings. The van der Waals surface area contributed by atoms with E-state index in [0.29, 0.717) is 11.3 Å². The summed E-state index contributed by atoms with van der Waals surface area (Å²) in [7, 11) is 0. The van der Waals surface area contributed by atoms with Crippen LogP contribution in [0.15, 0.2) is 16.9 Å². The van der Waals surface area contributed by atoms with Gasteiger partial charge in [-0.15, -0.1) is 0 Å². The fourth-order valence-corrected chi connectivity index (χ4v) is 2.43. The first-order chi connectivity index (χ1) is 11.3. The fraction of sp³-hybridized carbons (Fsp3) is 0.176. The number of hydrogen-bond donors (Lipinski definition) is 3. The van der Waals surface area contributed by atoms with Gasteiger partial charge >= 0.3 is 0 Å². The first-order valence-electron chi connectivity index (χ1n) is 7.05. The Bertz CT molecular complexity index is 990. The first kappa shape index (κ1) is 16.8. The Balaban J connectivity index is 2.99. The number of nitriles is 2. The Labute approximate surface area is 138 Å². The zero-order valence-corrected chi connectivity index (χ0v) is 13.4. The molecule has 1 amide bonds. The maximum atomic E-state index is 12.1. The standard InChI is InChI=1S/C17H15N5O2/c1-8-4-11(14(5-9(8)2)21-10(3)23)15-12(6-18)16(20)22-17(24)13(15)7-19/h4-5H,1-3H3,(H,21,23)(H3,20,22,24). The quantitative estimate of drug-likeness (QED) is 0.776. The maximum absolute atomic E-state index is 12.1. The molecule has 4 N–H and O–H groups in total. The minimum absolute atomic E-state index is 0.0130. The zero-order chi connectivity index (χ0) is 18.0. The molecule has 0 aliphatic rings. The van der Waals surface area contributed by atoms with Crippen LogP contribution in [0.3, 0.4) is 0 Å². The van der Waals surface area contributed by atoms with Crippen LogP contribution in [-0.4, -0.2) is 10.9 Å². The van der Waals surface area contributed by atoms with Gasteiger partial charge in [-0.25, -0.2) is 0 Å². The van der Waals surface area contributed by atoms with Crippen molar-refractivity contribution in [1.29, 1.82) is 10.5 Å². The topological polar surface area (TPSA) is 136 Å². The van der Waals surface area contributed by atoms with E-state index in [9.17, 15) is 20.1 Å². The number of nitrogens with zero attached hydrogens (tertiary/aromatic N) is 2. The van der Waals surface area contributed by atoms with Crippen LogP contribution in [0.4, 0.5) is 11.5 Å². The highest BCUT2D eigenvalue weighted by atomic mass is 16.1. The summed E-state index contributed by atoms with van der Waals surface area (Å²) in [5.74, 6) is -0.433. The highest BCUT2D eigenvalue weighted by molar-refractivity contribution is 5.97. The third-order valence-corrected chi connectivity index (χ3v) is 3.68. The predicted molar refractivity (Wildman–Crippen MR) is 90.1 cm³/mol. The van der Waals surface area contributed by atoms with E-state index in [1.165, 1.54) is 6.92 Å². The summed E-state index contributed by atoms with van der Waals surface area (Å²) in [6.45, 7) is 5.07. The molecule has 0 aliphatic heterocycles. The second-order valence-electron chi connectivity index (χ2n) is 5.38. The smallest absolute Gasteiger partial charge is 0.268 e. The van der Waals surface area contributed by atoms with Crippen molar-refractivity contribution >= 4 is 17.4 Å². The average molecular weight is 321 g/mol. The molecule has 0 spiro atoms. The summed E-state index contributed by atoms with van der Waals surface area (Å²) in [5, 5.41) is 21.5. The van der Waals surface area contributed by atoms with Crippen molar-refractivity contribution in [2.45, 2.75) is 20.8 Å². The number of amides is 1. The summed E-state index contributed by atoms with van der Waals surface area (Å²) in [4.78, 5) is 25.9. The lowest BCUT2D eigenvalue weighted by Gasteiger charge is -2.16. The summed E-state index contributed by atoms with van der Waals surface area (Å²) < 4.78 is 0. The van der Waals surface area contributed by atoms with E-state index in [-0.39, 0.29) is 28.4 Å². The number of H-pyrrole nitrogens is 1. The summed E-state index contributed by atoms with van der Waals surface area (Å²) in [5.41, 5.74) is 7.54. The molecule has 0 aliphatic carbocycles.